The fourth-order valence-electron chi connectivity index (χ4n) is 3.24. The number of thiocarbonyl (C=S) groups is 1. The smallest absolute Gasteiger partial charge is 0.170 e. The number of hydrogen-bond donors (Lipinski definition) is 2. The molecule has 1 aliphatic heterocycles. The summed E-state index contributed by atoms with van der Waals surface area (Å²) in [5, 5.41) is 6.18. The summed E-state index contributed by atoms with van der Waals surface area (Å²) in [6.45, 7) is 8.69. The van der Waals surface area contributed by atoms with Crippen molar-refractivity contribution >= 4 is 23.0 Å². The van der Waals surface area contributed by atoms with E-state index in [1.807, 2.05) is 0 Å². The van der Waals surface area contributed by atoms with Crippen molar-refractivity contribution in [1.29, 1.82) is 0 Å². The van der Waals surface area contributed by atoms with Gasteiger partial charge in [0.25, 0.3) is 0 Å². The number of anilines is 1. The van der Waals surface area contributed by atoms with Gasteiger partial charge in [-0.1, -0.05) is 13.8 Å². The van der Waals surface area contributed by atoms with Crippen LogP contribution in [-0.4, -0.2) is 36.2 Å². The highest BCUT2D eigenvalue weighted by molar-refractivity contribution is 7.80. The molecule has 1 aromatic rings. The van der Waals surface area contributed by atoms with E-state index in [4.69, 9.17) is 12.2 Å². The van der Waals surface area contributed by atoms with Gasteiger partial charge in [0.05, 0.1) is 5.69 Å². The van der Waals surface area contributed by atoms with Crippen LogP contribution in [0.4, 0.5) is 14.5 Å². The van der Waals surface area contributed by atoms with Gasteiger partial charge in [-0.2, -0.15) is 0 Å². The number of nitrogens with zero attached hydrogens (tertiary/aromatic N) is 1. The largest absolute Gasteiger partial charge is 0.362 e. The molecule has 0 amide bonds. The Morgan fingerprint density at radius 2 is 1.96 bits per heavy atom. The van der Waals surface area contributed by atoms with Crippen LogP contribution in [0.5, 0.6) is 0 Å². The summed E-state index contributed by atoms with van der Waals surface area (Å²) >= 11 is 5.14. The molecule has 0 spiro atoms. The monoisotopic (exact) mass is 341 g/mol. The third kappa shape index (κ3) is 6.03. The molecule has 0 aliphatic carbocycles. The first-order valence-corrected chi connectivity index (χ1v) is 8.57. The Bertz CT molecular complexity index is 529. The van der Waals surface area contributed by atoms with Crippen LogP contribution in [0.25, 0.3) is 0 Å². The Balaban J connectivity index is 1.67. The summed E-state index contributed by atoms with van der Waals surface area (Å²) in [6.07, 6.45) is 2.29. The highest BCUT2D eigenvalue weighted by Gasteiger charge is 2.20. The molecule has 1 heterocycles. The molecule has 2 atom stereocenters. The van der Waals surface area contributed by atoms with Crippen molar-refractivity contribution in [2.75, 3.05) is 31.5 Å². The van der Waals surface area contributed by atoms with E-state index in [0.717, 1.165) is 50.5 Å². The van der Waals surface area contributed by atoms with Crippen molar-refractivity contribution < 1.29 is 8.78 Å². The van der Waals surface area contributed by atoms with Gasteiger partial charge in [-0.25, -0.2) is 8.78 Å². The molecule has 128 valence electrons. The molecule has 2 N–H and O–H groups in total. The van der Waals surface area contributed by atoms with Gasteiger partial charge >= 0.3 is 0 Å². The minimum atomic E-state index is -0.648. The van der Waals surface area contributed by atoms with E-state index in [9.17, 15) is 8.78 Å². The van der Waals surface area contributed by atoms with Gasteiger partial charge in [-0.15, -0.1) is 0 Å². The van der Waals surface area contributed by atoms with Crippen LogP contribution < -0.4 is 10.6 Å². The standard InChI is InChI=1S/C17H25F2N3S/c1-12-8-13(2)11-22(10-12)7-3-6-20-17(23)21-16-5-4-14(18)9-15(16)19/h4-5,9,12-13H,3,6-8,10-11H2,1-2H3,(H2,20,21,23). The number of rotatable bonds is 5. The quantitative estimate of drug-likeness (QED) is 0.632. The number of halogens is 2. The van der Waals surface area contributed by atoms with E-state index in [1.54, 1.807) is 0 Å². The minimum Gasteiger partial charge on any atom is -0.362 e. The summed E-state index contributed by atoms with van der Waals surface area (Å²) in [5.41, 5.74) is 0.183. The van der Waals surface area contributed by atoms with Gasteiger partial charge in [0.15, 0.2) is 5.11 Å². The Morgan fingerprint density at radius 3 is 2.61 bits per heavy atom. The highest BCUT2D eigenvalue weighted by atomic mass is 32.1. The first-order valence-electron chi connectivity index (χ1n) is 8.16. The Hall–Kier alpha value is -1.27. The molecule has 1 fully saturated rings. The molecule has 23 heavy (non-hydrogen) atoms. The maximum absolute atomic E-state index is 13.5. The molecule has 3 nitrogen and oxygen atoms in total. The van der Waals surface area contributed by atoms with Crippen LogP contribution in [0, 0.1) is 23.5 Å². The van der Waals surface area contributed by atoms with E-state index < -0.39 is 11.6 Å². The van der Waals surface area contributed by atoms with E-state index in [2.05, 4.69) is 29.4 Å². The second-order valence-corrected chi connectivity index (χ2v) is 6.97. The predicted octanol–water partition coefficient (Wildman–Crippen LogP) is 3.62. The zero-order valence-electron chi connectivity index (χ0n) is 13.7. The molecule has 0 saturated carbocycles. The molecule has 0 aromatic heterocycles. The normalized spacial score (nSPS) is 21.9. The molecular formula is C17H25F2N3S. The third-order valence-electron chi connectivity index (χ3n) is 4.06. The van der Waals surface area contributed by atoms with Gasteiger partial charge in [-0.3, -0.25) is 0 Å². The van der Waals surface area contributed by atoms with Gasteiger partial charge in [0.2, 0.25) is 0 Å². The minimum absolute atomic E-state index is 0.183. The molecule has 6 heteroatoms. The van der Waals surface area contributed by atoms with Gasteiger partial charge in [0.1, 0.15) is 11.6 Å². The van der Waals surface area contributed by atoms with E-state index >= 15 is 0 Å². The predicted molar refractivity (Wildman–Crippen MR) is 94.6 cm³/mol. The first kappa shape index (κ1) is 18.1. The van der Waals surface area contributed by atoms with Crippen molar-refractivity contribution in [3.63, 3.8) is 0 Å². The van der Waals surface area contributed by atoms with E-state index in [1.165, 1.54) is 18.6 Å². The number of piperidine rings is 1. The van der Waals surface area contributed by atoms with Crippen molar-refractivity contribution in [3.8, 4) is 0 Å². The van der Waals surface area contributed by atoms with Crippen LogP contribution in [0.1, 0.15) is 26.7 Å². The molecule has 1 saturated heterocycles. The van der Waals surface area contributed by atoms with Crippen LogP contribution in [0.15, 0.2) is 18.2 Å². The number of hydrogen-bond acceptors (Lipinski definition) is 2. The van der Waals surface area contributed by atoms with Crippen LogP contribution in [-0.2, 0) is 0 Å². The molecular weight excluding hydrogens is 316 g/mol. The Kier molecular flexibility index (Phi) is 6.72. The van der Waals surface area contributed by atoms with Gasteiger partial charge in [-0.05, 0) is 55.6 Å². The van der Waals surface area contributed by atoms with Crippen LogP contribution in [0.2, 0.25) is 0 Å². The lowest BCUT2D eigenvalue weighted by molar-refractivity contribution is 0.140. The molecule has 1 aliphatic rings. The average Bonchev–Trinajstić information content (AvgIpc) is 2.46. The molecule has 0 radical (unpaired) electrons. The zero-order chi connectivity index (χ0) is 16.8. The molecule has 1 aromatic carbocycles. The first-order chi connectivity index (χ1) is 10.9. The number of benzene rings is 1. The lowest BCUT2D eigenvalue weighted by Gasteiger charge is -2.34. The average molecular weight is 341 g/mol. The van der Waals surface area contributed by atoms with Gasteiger partial charge < -0.3 is 15.5 Å². The van der Waals surface area contributed by atoms with Crippen LogP contribution >= 0.6 is 12.2 Å². The van der Waals surface area contributed by atoms with Crippen molar-refractivity contribution in [1.82, 2.24) is 10.2 Å². The topological polar surface area (TPSA) is 27.3 Å². The summed E-state index contributed by atoms with van der Waals surface area (Å²) in [5.74, 6) is 0.272. The Labute approximate surface area is 142 Å². The molecule has 2 rings (SSSR count). The summed E-state index contributed by atoms with van der Waals surface area (Å²) in [7, 11) is 0. The summed E-state index contributed by atoms with van der Waals surface area (Å²) in [6, 6.07) is 3.38. The van der Waals surface area contributed by atoms with Gasteiger partial charge in [0, 0.05) is 25.7 Å². The van der Waals surface area contributed by atoms with Crippen molar-refractivity contribution in [2.45, 2.75) is 26.7 Å². The third-order valence-corrected chi connectivity index (χ3v) is 4.31. The van der Waals surface area contributed by atoms with Crippen LogP contribution in [0.3, 0.4) is 0 Å². The fourth-order valence-corrected chi connectivity index (χ4v) is 3.45. The van der Waals surface area contributed by atoms with E-state index in [0.29, 0.717) is 5.11 Å². The molecule has 2 unspecified atom stereocenters. The Morgan fingerprint density at radius 1 is 1.26 bits per heavy atom. The summed E-state index contributed by atoms with van der Waals surface area (Å²) < 4.78 is 26.4. The zero-order valence-corrected chi connectivity index (χ0v) is 14.6. The lowest BCUT2D eigenvalue weighted by atomic mass is 9.92. The summed E-state index contributed by atoms with van der Waals surface area (Å²) in [4.78, 5) is 2.50. The van der Waals surface area contributed by atoms with Crippen molar-refractivity contribution in [3.05, 3.63) is 29.8 Å². The number of nitrogens with one attached hydrogen (secondary N) is 2. The lowest BCUT2D eigenvalue weighted by Crippen LogP contribution is -2.40. The van der Waals surface area contributed by atoms with Crippen molar-refractivity contribution in [2.24, 2.45) is 11.8 Å². The maximum Gasteiger partial charge on any atom is 0.170 e. The maximum atomic E-state index is 13.5. The fraction of sp³-hybridized carbons (Fsp3) is 0.588. The SMILES string of the molecule is CC1CC(C)CN(CCCNC(=S)Nc2ccc(F)cc2F)C1. The molecule has 0 bridgehead atoms. The second kappa shape index (κ2) is 8.55. The van der Waals surface area contributed by atoms with E-state index in [-0.39, 0.29) is 5.69 Å². The second-order valence-electron chi connectivity index (χ2n) is 6.56. The number of likely N-dealkylation sites (tertiary alicyclic amines) is 1. The highest BCUT2D eigenvalue weighted by Crippen LogP contribution is 2.20.